The van der Waals surface area contributed by atoms with Crippen LogP contribution in [0.1, 0.15) is 16.7 Å². The number of nitrogens with zero attached hydrogens (tertiary/aromatic N) is 1. The van der Waals surface area contributed by atoms with Crippen LogP contribution in [0.3, 0.4) is 0 Å². The van der Waals surface area contributed by atoms with Gasteiger partial charge in [0.2, 0.25) is 0 Å². The summed E-state index contributed by atoms with van der Waals surface area (Å²) < 4.78 is 12.3. The van der Waals surface area contributed by atoms with E-state index in [4.69, 9.17) is 9.47 Å². The fourth-order valence-corrected chi connectivity index (χ4v) is 3.11. The summed E-state index contributed by atoms with van der Waals surface area (Å²) in [6.45, 7) is 1.15. The summed E-state index contributed by atoms with van der Waals surface area (Å²) in [5, 5.41) is 4.28. The van der Waals surface area contributed by atoms with Crippen LogP contribution in [-0.2, 0) is 13.2 Å². The molecule has 0 bridgehead atoms. The van der Waals surface area contributed by atoms with Gasteiger partial charge in [0.25, 0.3) is 0 Å². The molecule has 3 aromatic rings. The normalized spacial score (nSPS) is 10.7. The van der Waals surface area contributed by atoms with Gasteiger partial charge in [-0.3, -0.25) is 0 Å². The molecule has 5 heteroatoms. The third kappa shape index (κ3) is 5.59. The largest absolute Gasteiger partial charge is 0.493 e. The second-order valence-corrected chi connectivity index (χ2v) is 6.74. The van der Waals surface area contributed by atoms with Crippen molar-refractivity contribution in [2.75, 3.05) is 7.11 Å². The van der Waals surface area contributed by atoms with Crippen LogP contribution >= 0.6 is 15.9 Å². The first-order valence-electron chi connectivity index (χ1n) is 8.60. The molecule has 0 saturated heterocycles. The van der Waals surface area contributed by atoms with Gasteiger partial charge < -0.3 is 14.9 Å². The van der Waals surface area contributed by atoms with Crippen LogP contribution < -0.4 is 14.9 Å². The molecule has 4 nitrogen and oxygen atoms in total. The van der Waals surface area contributed by atoms with Gasteiger partial charge in [0, 0.05) is 0 Å². The van der Waals surface area contributed by atoms with Gasteiger partial charge in [-0.2, -0.15) is 5.10 Å². The van der Waals surface area contributed by atoms with Gasteiger partial charge in [-0.1, -0.05) is 60.7 Å². The minimum Gasteiger partial charge on any atom is -0.493 e. The molecule has 0 aromatic heterocycles. The highest BCUT2D eigenvalue weighted by atomic mass is 79.9. The van der Waals surface area contributed by atoms with E-state index < -0.39 is 0 Å². The molecule has 0 atom stereocenters. The maximum Gasteiger partial charge on any atom is 0.175 e. The van der Waals surface area contributed by atoms with Crippen molar-refractivity contribution < 1.29 is 9.47 Å². The van der Waals surface area contributed by atoms with E-state index >= 15 is 0 Å². The van der Waals surface area contributed by atoms with Crippen molar-refractivity contribution in [2.45, 2.75) is 13.2 Å². The lowest BCUT2D eigenvalue weighted by Gasteiger charge is -2.13. The third-order valence-corrected chi connectivity index (χ3v) is 4.50. The monoisotopic (exact) mass is 424 g/mol. The fourth-order valence-electron chi connectivity index (χ4n) is 2.54. The van der Waals surface area contributed by atoms with Gasteiger partial charge in [-0.15, -0.1) is 0 Å². The molecule has 0 amide bonds. The van der Waals surface area contributed by atoms with Gasteiger partial charge in [-0.25, -0.2) is 0 Å². The van der Waals surface area contributed by atoms with Crippen LogP contribution in [0.15, 0.2) is 82.4 Å². The Hall–Kier alpha value is -2.79. The van der Waals surface area contributed by atoms with Crippen molar-refractivity contribution >= 4 is 22.1 Å². The molecule has 0 saturated carbocycles. The molecule has 0 heterocycles. The highest BCUT2D eigenvalue weighted by molar-refractivity contribution is 9.10. The molecule has 0 aliphatic carbocycles. The SMILES string of the molecule is COc1cc(C=NNCc2ccccc2)cc(Br)c1OCc1ccccc1. The first-order chi connectivity index (χ1) is 13.3. The predicted molar refractivity (Wildman–Crippen MR) is 112 cm³/mol. The molecule has 0 aliphatic rings. The van der Waals surface area contributed by atoms with Crippen molar-refractivity contribution in [3.05, 3.63) is 94.0 Å². The average Bonchev–Trinajstić information content (AvgIpc) is 2.71. The first kappa shape index (κ1) is 19.0. The van der Waals surface area contributed by atoms with Crippen LogP contribution in [0.2, 0.25) is 0 Å². The minimum absolute atomic E-state index is 0.474. The van der Waals surface area contributed by atoms with Crippen molar-refractivity contribution in [3.63, 3.8) is 0 Å². The Morgan fingerprint density at radius 3 is 2.30 bits per heavy atom. The number of nitrogens with one attached hydrogen (secondary N) is 1. The molecule has 1 N–H and O–H groups in total. The zero-order chi connectivity index (χ0) is 18.9. The predicted octanol–water partition coefficient (Wildman–Crippen LogP) is 5.16. The summed E-state index contributed by atoms with van der Waals surface area (Å²) in [6.07, 6.45) is 1.76. The molecule has 27 heavy (non-hydrogen) atoms. The van der Waals surface area contributed by atoms with E-state index in [-0.39, 0.29) is 0 Å². The highest BCUT2D eigenvalue weighted by Gasteiger charge is 2.11. The lowest BCUT2D eigenvalue weighted by Crippen LogP contribution is -2.05. The van der Waals surface area contributed by atoms with Crippen LogP contribution in [0, 0.1) is 0 Å². The summed E-state index contributed by atoms with van der Waals surface area (Å²) in [5.41, 5.74) is 6.24. The van der Waals surface area contributed by atoms with Crippen LogP contribution in [0.25, 0.3) is 0 Å². The van der Waals surface area contributed by atoms with Crippen LogP contribution in [0.5, 0.6) is 11.5 Å². The number of benzene rings is 3. The molecule has 3 rings (SSSR count). The lowest BCUT2D eigenvalue weighted by atomic mass is 10.2. The molecule has 138 valence electrons. The Labute approximate surface area is 168 Å². The Morgan fingerprint density at radius 1 is 0.963 bits per heavy atom. The zero-order valence-corrected chi connectivity index (χ0v) is 16.6. The highest BCUT2D eigenvalue weighted by Crippen LogP contribution is 2.36. The van der Waals surface area contributed by atoms with Gasteiger partial charge in [-0.05, 0) is 44.8 Å². The molecule has 0 radical (unpaired) electrons. The van der Waals surface area contributed by atoms with E-state index in [1.807, 2.05) is 60.7 Å². The van der Waals surface area contributed by atoms with E-state index in [1.165, 1.54) is 5.56 Å². The smallest absolute Gasteiger partial charge is 0.175 e. The summed E-state index contributed by atoms with van der Waals surface area (Å²) in [4.78, 5) is 0. The molecule has 0 fully saturated rings. The Bertz CT molecular complexity index is 884. The zero-order valence-electron chi connectivity index (χ0n) is 15.1. The van der Waals surface area contributed by atoms with Crippen molar-refractivity contribution in [1.82, 2.24) is 5.43 Å². The number of methoxy groups -OCH3 is 1. The lowest BCUT2D eigenvalue weighted by molar-refractivity contribution is 0.282. The number of hydrogen-bond donors (Lipinski definition) is 1. The second-order valence-electron chi connectivity index (χ2n) is 5.89. The summed E-state index contributed by atoms with van der Waals surface area (Å²) in [5.74, 6) is 1.33. The van der Waals surface area contributed by atoms with E-state index in [1.54, 1.807) is 13.3 Å². The van der Waals surface area contributed by atoms with Crippen LogP contribution in [-0.4, -0.2) is 13.3 Å². The molecule has 0 unspecified atom stereocenters. The second kappa shape index (κ2) is 9.78. The molecule has 3 aromatic carbocycles. The molecule has 0 spiro atoms. The average molecular weight is 425 g/mol. The topological polar surface area (TPSA) is 42.8 Å². The summed E-state index contributed by atoms with van der Waals surface area (Å²) >= 11 is 3.57. The van der Waals surface area contributed by atoms with Gasteiger partial charge in [0.05, 0.1) is 24.3 Å². The van der Waals surface area contributed by atoms with E-state index in [0.29, 0.717) is 24.7 Å². The maximum atomic E-state index is 5.95. The number of halogens is 1. The van der Waals surface area contributed by atoms with Gasteiger partial charge in [0.1, 0.15) is 6.61 Å². The molecule has 0 aliphatic heterocycles. The third-order valence-electron chi connectivity index (χ3n) is 3.91. The summed E-state index contributed by atoms with van der Waals surface area (Å²) in [7, 11) is 1.63. The standard InChI is InChI=1S/C22H21BrN2O2/c1-26-21-13-19(15-25-24-14-17-8-4-2-5-9-17)12-20(23)22(21)27-16-18-10-6-3-7-11-18/h2-13,15,24H,14,16H2,1H3. The van der Waals surface area contributed by atoms with Crippen molar-refractivity contribution in [2.24, 2.45) is 5.10 Å². The number of hydrazone groups is 1. The van der Waals surface area contributed by atoms with Crippen LogP contribution in [0.4, 0.5) is 0 Å². The Balaban J connectivity index is 1.65. The Morgan fingerprint density at radius 2 is 1.63 bits per heavy atom. The number of rotatable bonds is 8. The molecular formula is C22H21BrN2O2. The Kier molecular flexibility index (Phi) is 6.88. The quantitative estimate of drug-likeness (QED) is 0.401. The summed E-state index contributed by atoms with van der Waals surface area (Å²) in [6, 6.07) is 24.0. The fraction of sp³-hybridized carbons (Fsp3) is 0.136. The van der Waals surface area contributed by atoms with Gasteiger partial charge >= 0.3 is 0 Å². The molecular weight excluding hydrogens is 404 g/mol. The minimum atomic E-state index is 0.474. The van der Waals surface area contributed by atoms with E-state index in [2.05, 4.69) is 38.6 Å². The van der Waals surface area contributed by atoms with E-state index in [9.17, 15) is 0 Å². The maximum absolute atomic E-state index is 5.95. The first-order valence-corrected chi connectivity index (χ1v) is 9.39. The van der Waals surface area contributed by atoms with Crippen molar-refractivity contribution in [3.8, 4) is 11.5 Å². The van der Waals surface area contributed by atoms with Crippen molar-refractivity contribution in [1.29, 1.82) is 0 Å². The van der Waals surface area contributed by atoms with E-state index in [0.717, 1.165) is 15.6 Å². The van der Waals surface area contributed by atoms with Gasteiger partial charge in [0.15, 0.2) is 11.5 Å². The number of ether oxygens (including phenoxy) is 2. The number of hydrogen-bond acceptors (Lipinski definition) is 4.